The third-order valence-electron chi connectivity index (χ3n) is 2.02. The van der Waals surface area contributed by atoms with Crippen LogP contribution in [0.15, 0.2) is 22.0 Å². The summed E-state index contributed by atoms with van der Waals surface area (Å²) in [6, 6.07) is 2.03. The van der Waals surface area contributed by atoms with Gasteiger partial charge in [0.2, 0.25) is 0 Å². The van der Waals surface area contributed by atoms with E-state index in [2.05, 4.69) is 15.3 Å². The highest BCUT2D eigenvalue weighted by molar-refractivity contribution is 7.98. The van der Waals surface area contributed by atoms with E-state index in [1.165, 1.54) is 11.8 Å². The molecule has 0 amide bonds. The standard InChI is InChI=1S/C10H9ClN2S2/c1-6-8(7-3-4-15-5-7)9(11)13-10(12-6)14-2/h3-5H,1-2H3. The van der Waals surface area contributed by atoms with Crippen molar-refractivity contribution in [3.8, 4) is 11.1 Å². The van der Waals surface area contributed by atoms with Gasteiger partial charge in [0.05, 0.1) is 5.69 Å². The Bertz CT molecular complexity index is 445. The molecule has 0 unspecified atom stereocenters. The Balaban J connectivity index is 2.58. The zero-order chi connectivity index (χ0) is 10.8. The number of thioether (sulfide) groups is 1. The van der Waals surface area contributed by atoms with Gasteiger partial charge in [-0.15, -0.1) is 0 Å². The first-order chi connectivity index (χ1) is 7.22. The number of halogens is 1. The molecule has 0 spiro atoms. The first-order valence-corrected chi connectivity index (χ1v) is 6.87. The fourth-order valence-corrected chi connectivity index (χ4v) is 2.77. The fourth-order valence-electron chi connectivity index (χ4n) is 1.34. The molecular weight excluding hydrogens is 248 g/mol. The Morgan fingerprint density at radius 3 is 2.73 bits per heavy atom. The van der Waals surface area contributed by atoms with Gasteiger partial charge < -0.3 is 0 Å². The summed E-state index contributed by atoms with van der Waals surface area (Å²) in [6.07, 6.45) is 1.94. The molecule has 0 saturated heterocycles. The monoisotopic (exact) mass is 256 g/mol. The van der Waals surface area contributed by atoms with Crippen molar-refractivity contribution < 1.29 is 0 Å². The molecular formula is C10H9ClN2S2. The van der Waals surface area contributed by atoms with E-state index in [1.807, 2.05) is 24.6 Å². The molecule has 15 heavy (non-hydrogen) atoms. The zero-order valence-electron chi connectivity index (χ0n) is 8.32. The van der Waals surface area contributed by atoms with Gasteiger partial charge in [-0.05, 0) is 35.6 Å². The second-order valence-corrected chi connectivity index (χ2v) is 4.88. The number of aromatic nitrogens is 2. The van der Waals surface area contributed by atoms with Crippen LogP contribution in [0.25, 0.3) is 11.1 Å². The molecule has 78 valence electrons. The van der Waals surface area contributed by atoms with Gasteiger partial charge in [0, 0.05) is 5.56 Å². The van der Waals surface area contributed by atoms with Crippen LogP contribution in [0.5, 0.6) is 0 Å². The summed E-state index contributed by atoms with van der Waals surface area (Å²) < 4.78 is 0. The van der Waals surface area contributed by atoms with Gasteiger partial charge in [-0.1, -0.05) is 23.4 Å². The molecule has 0 aliphatic carbocycles. The molecule has 2 rings (SSSR count). The third kappa shape index (κ3) is 2.17. The SMILES string of the molecule is CSc1nc(C)c(-c2ccsc2)c(Cl)n1. The number of nitrogens with zero attached hydrogens (tertiary/aromatic N) is 2. The van der Waals surface area contributed by atoms with Gasteiger partial charge in [-0.3, -0.25) is 0 Å². The van der Waals surface area contributed by atoms with Crippen LogP contribution in [0.4, 0.5) is 0 Å². The van der Waals surface area contributed by atoms with Gasteiger partial charge in [-0.25, -0.2) is 9.97 Å². The predicted octanol–water partition coefficient (Wildman–Crippen LogP) is 3.89. The molecule has 0 bridgehead atoms. The summed E-state index contributed by atoms with van der Waals surface area (Å²) in [4.78, 5) is 8.61. The van der Waals surface area contributed by atoms with E-state index in [4.69, 9.17) is 11.6 Å². The van der Waals surface area contributed by atoms with Crippen LogP contribution in [-0.4, -0.2) is 16.2 Å². The lowest BCUT2D eigenvalue weighted by Gasteiger charge is -2.06. The summed E-state index contributed by atoms with van der Waals surface area (Å²) >= 11 is 9.29. The van der Waals surface area contributed by atoms with Gasteiger partial charge in [0.15, 0.2) is 5.16 Å². The highest BCUT2D eigenvalue weighted by Crippen LogP contribution is 2.31. The number of hydrogen-bond acceptors (Lipinski definition) is 4. The van der Waals surface area contributed by atoms with Crippen LogP contribution in [0, 0.1) is 6.92 Å². The Morgan fingerprint density at radius 2 is 2.20 bits per heavy atom. The lowest BCUT2D eigenvalue weighted by molar-refractivity contribution is 0.939. The van der Waals surface area contributed by atoms with E-state index in [-0.39, 0.29) is 0 Å². The van der Waals surface area contributed by atoms with Crippen molar-refractivity contribution in [2.75, 3.05) is 6.26 Å². The molecule has 0 radical (unpaired) electrons. The van der Waals surface area contributed by atoms with E-state index in [9.17, 15) is 0 Å². The first kappa shape index (κ1) is 10.9. The summed E-state index contributed by atoms with van der Waals surface area (Å²) in [7, 11) is 0. The Hall–Kier alpha value is -0.580. The van der Waals surface area contributed by atoms with E-state index in [0.717, 1.165) is 22.0 Å². The van der Waals surface area contributed by atoms with Crippen molar-refractivity contribution in [3.05, 3.63) is 27.7 Å². The number of rotatable bonds is 2. The first-order valence-electron chi connectivity index (χ1n) is 4.33. The van der Waals surface area contributed by atoms with E-state index >= 15 is 0 Å². The van der Waals surface area contributed by atoms with Gasteiger partial charge in [0.1, 0.15) is 5.15 Å². The quantitative estimate of drug-likeness (QED) is 0.463. The highest BCUT2D eigenvalue weighted by atomic mass is 35.5. The van der Waals surface area contributed by atoms with E-state index in [0.29, 0.717) is 5.15 Å². The fraction of sp³-hybridized carbons (Fsp3) is 0.200. The zero-order valence-corrected chi connectivity index (χ0v) is 10.7. The molecule has 2 heterocycles. The second kappa shape index (κ2) is 4.51. The van der Waals surface area contributed by atoms with Crippen LogP contribution in [-0.2, 0) is 0 Å². The van der Waals surface area contributed by atoms with Crippen molar-refractivity contribution in [1.82, 2.24) is 9.97 Å². The topological polar surface area (TPSA) is 25.8 Å². The van der Waals surface area contributed by atoms with Crippen molar-refractivity contribution in [3.63, 3.8) is 0 Å². The molecule has 0 aromatic carbocycles. The molecule has 5 heteroatoms. The molecule has 0 aliphatic heterocycles. The molecule has 2 aromatic heterocycles. The Labute approximate surface area is 102 Å². The Kier molecular flexibility index (Phi) is 3.29. The molecule has 0 aliphatic rings. The summed E-state index contributed by atoms with van der Waals surface area (Å²) in [5.41, 5.74) is 2.96. The number of thiophene rings is 1. The summed E-state index contributed by atoms with van der Waals surface area (Å²) in [6.45, 7) is 1.96. The van der Waals surface area contributed by atoms with Crippen LogP contribution in [0.3, 0.4) is 0 Å². The number of hydrogen-bond donors (Lipinski definition) is 0. The molecule has 2 nitrogen and oxygen atoms in total. The average Bonchev–Trinajstić information content (AvgIpc) is 2.69. The number of aryl methyl sites for hydroxylation is 1. The predicted molar refractivity (Wildman–Crippen MR) is 66.9 cm³/mol. The van der Waals surface area contributed by atoms with Gasteiger partial charge in [-0.2, -0.15) is 11.3 Å². The van der Waals surface area contributed by atoms with E-state index < -0.39 is 0 Å². The summed E-state index contributed by atoms with van der Waals surface area (Å²) in [5.74, 6) is 0. The second-order valence-electron chi connectivity index (χ2n) is 2.97. The summed E-state index contributed by atoms with van der Waals surface area (Å²) in [5, 5.41) is 5.32. The maximum Gasteiger partial charge on any atom is 0.188 e. The Morgan fingerprint density at radius 1 is 1.40 bits per heavy atom. The smallest absolute Gasteiger partial charge is 0.188 e. The van der Waals surface area contributed by atoms with Crippen LogP contribution in [0.1, 0.15) is 5.69 Å². The minimum atomic E-state index is 0.533. The maximum absolute atomic E-state index is 6.15. The maximum atomic E-state index is 6.15. The molecule has 2 aromatic rings. The van der Waals surface area contributed by atoms with E-state index in [1.54, 1.807) is 11.3 Å². The normalized spacial score (nSPS) is 10.6. The minimum absolute atomic E-state index is 0.533. The van der Waals surface area contributed by atoms with Gasteiger partial charge in [0.25, 0.3) is 0 Å². The largest absolute Gasteiger partial charge is 0.227 e. The van der Waals surface area contributed by atoms with Crippen molar-refractivity contribution in [1.29, 1.82) is 0 Å². The van der Waals surface area contributed by atoms with Crippen LogP contribution < -0.4 is 0 Å². The average molecular weight is 257 g/mol. The minimum Gasteiger partial charge on any atom is -0.227 e. The van der Waals surface area contributed by atoms with Crippen molar-refractivity contribution in [2.24, 2.45) is 0 Å². The molecule has 0 saturated carbocycles. The van der Waals surface area contributed by atoms with Crippen LogP contribution >= 0.6 is 34.7 Å². The van der Waals surface area contributed by atoms with Crippen LogP contribution in [0.2, 0.25) is 5.15 Å². The lowest BCUT2D eigenvalue weighted by Crippen LogP contribution is -1.94. The van der Waals surface area contributed by atoms with Gasteiger partial charge >= 0.3 is 0 Å². The molecule has 0 N–H and O–H groups in total. The molecule has 0 atom stereocenters. The molecule has 0 fully saturated rings. The van der Waals surface area contributed by atoms with Crippen molar-refractivity contribution in [2.45, 2.75) is 12.1 Å². The van der Waals surface area contributed by atoms with Crippen molar-refractivity contribution >= 4 is 34.7 Å². The third-order valence-corrected chi connectivity index (χ3v) is 3.52. The highest BCUT2D eigenvalue weighted by Gasteiger charge is 2.11. The lowest BCUT2D eigenvalue weighted by atomic mass is 10.1.